The highest BCUT2D eigenvalue weighted by molar-refractivity contribution is 5.66. The van der Waals surface area contributed by atoms with Crippen LogP contribution in [0.4, 0.5) is 0 Å². The molecule has 3 heterocycles. The first kappa shape index (κ1) is 11.9. The van der Waals surface area contributed by atoms with Gasteiger partial charge < -0.3 is 9.88 Å². The summed E-state index contributed by atoms with van der Waals surface area (Å²) in [6.45, 7) is 3.17. The molecule has 0 radical (unpaired) electrons. The standard InChI is InChI=1S/C17H18N2O/c20-16-7-6-15(13-4-2-1-3-5-13)17-14-8-12(9-18-10-14)11-19(16)17/h1-7,12,14,18H,8-11H2/p+1/t12-,14+/m0/s1. The van der Waals surface area contributed by atoms with Crippen molar-refractivity contribution in [3.8, 4) is 11.1 Å². The third kappa shape index (κ3) is 1.81. The van der Waals surface area contributed by atoms with Crippen molar-refractivity contribution in [1.29, 1.82) is 0 Å². The SMILES string of the molecule is O=c1ccc(-c2ccccc2)c2n1C[C@@H]1C[NH2+]C[C@H]2C1. The molecule has 2 aromatic rings. The Bertz CT molecular complexity index is 690. The number of pyridine rings is 1. The molecule has 3 heteroatoms. The lowest BCUT2D eigenvalue weighted by molar-refractivity contribution is -0.673. The van der Waals surface area contributed by atoms with Crippen LogP contribution in [0.1, 0.15) is 18.0 Å². The number of nitrogens with zero attached hydrogens (tertiary/aromatic N) is 1. The van der Waals surface area contributed by atoms with Crippen LogP contribution in [0.2, 0.25) is 0 Å². The average molecular weight is 267 g/mol. The van der Waals surface area contributed by atoms with Crippen molar-refractivity contribution in [3.05, 3.63) is 58.5 Å². The second kappa shape index (κ2) is 4.60. The van der Waals surface area contributed by atoms with Crippen LogP contribution in [0.25, 0.3) is 11.1 Å². The first-order valence-electron chi connectivity index (χ1n) is 7.44. The minimum Gasteiger partial charge on any atom is -0.345 e. The van der Waals surface area contributed by atoms with E-state index in [1.165, 1.54) is 23.2 Å². The second-order valence-corrected chi connectivity index (χ2v) is 6.01. The number of quaternary nitrogens is 1. The molecule has 3 nitrogen and oxygen atoms in total. The van der Waals surface area contributed by atoms with Gasteiger partial charge in [0.1, 0.15) is 0 Å². The zero-order chi connectivity index (χ0) is 13.5. The van der Waals surface area contributed by atoms with Crippen molar-refractivity contribution >= 4 is 0 Å². The molecule has 20 heavy (non-hydrogen) atoms. The smallest absolute Gasteiger partial charge is 0.250 e. The number of nitrogens with two attached hydrogens (primary N) is 1. The molecule has 2 atom stereocenters. The second-order valence-electron chi connectivity index (χ2n) is 6.01. The number of rotatable bonds is 1. The minimum atomic E-state index is 0.163. The van der Waals surface area contributed by atoms with E-state index in [0.717, 1.165) is 19.6 Å². The summed E-state index contributed by atoms with van der Waals surface area (Å²) in [5.74, 6) is 1.18. The van der Waals surface area contributed by atoms with Crippen molar-refractivity contribution in [2.24, 2.45) is 5.92 Å². The summed E-state index contributed by atoms with van der Waals surface area (Å²) < 4.78 is 2.04. The fourth-order valence-corrected chi connectivity index (χ4v) is 3.84. The maximum Gasteiger partial charge on any atom is 0.250 e. The van der Waals surface area contributed by atoms with Gasteiger partial charge in [0.25, 0.3) is 5.56 Å². The molecule has 2 aliphatic rings. The van der Waals surface area contributed by atoms with Gasteiger partial charge in [-0.1, -0.05) is 30.3 Å². The molecule has 2 aliphatic heterocycles. The highest BCUT2D eigenvalue weighted by atomic mass is 16.1. The number of fused-ring (bicyclic) bond motifs is 4. The lowest BCUT2D eigenvalue weighted by atomic mass is 9.81. The molecule has 1 saturated heterocycles. The van der Waals surface area contributed by atoms with Gasteiger partial charge in [0.15, 0.2) is 0 Å². The maximum absolute atomic E-state index is 12.2. The minimum absolute atomic E-state index is 0.163. The first-order valence-corrected chi connectivity index (χ1v) is 7.44. The molecule has 0 amide bonds. The van der Waals surface area contributed by atoms with E-state index in [4.69, 9.17) is 0 Å². The molecule has 0 aliphatic carbocycles. The lowest BCUT2D eigenvalue weighted by Crippen LogP contribution is -2.89. The van der Waals surface area contributed by atoms with Gasteiger partial charge >= 0.3 is 0 Å². The van der Waals surface area contributed by atoms with Crippen molar-refractivity contribution in [3.63, 3.8) is 0 Å². The third-order valence-corrected chi connectivity index (χ3v) is 4.71. The molecule has 2 bridgehead atoms. The van der Waals surface area contributed by atoms with Gasteiger partial charge in [0, 0.05) is 35.7 Å². The van der Waals surface area contributed by atoms with Gasteiger partial charge in [-0.3, -0.25) is 4.79 Å². The van der Waals surface area contributed by atoms with Crippen LogP contribution >= 0.6 is 0 Å². The Balaban J connectivity index is 1.94. The lowest BCUT2D eigenvalue weighted by Gasteiger charge is -2.36. The molecule has 0 spiro atoms. The average Bonchev–Trinajstić information content (AvgIpc) is 2.50. The zero-order valence-corrected chi connectivity index (χ0v) is 11.5. The number of piperidine rings is 1. The van der Waals surface area contributed by atoms with Crippen molar-refractivity contribution in [1.82, 2.24) is 4.57 Å². The molecule has 1 fully saturated rings. The van der Waals surface area contributed by atoms with Crippen molar-refractivity contribution in [2.75, 3.05) is 13.1 Å². The van der Waals surface area contributed by atoms with E-state index in [2.05, 4.69) is 29.6 Å². The van der Waals surface area contributed by atoms with Crippen LogP contribution in [-0.2, 0) is 6.54 Å². The van der Waals surface area contributed by atoms with Gasteiger partial charge in [0.2, 0.25) is 0 Å². The number of hydrogen-bond donors (Lipinski definition) is 1. The van der Waals surface area contributed by atoms with Gasteiger partial charge in [0.05, 0.1) is 13.1 Å². The van der Waals surface area contributed by atoms with Crippen molar-refractivity contribution in [2.45, 2.75) is 18.9 Å². The Morgan fingerprint density at radius 2 is 1.90 bits per heavy atom. The quantitative estimate of drug-likeness (QED) is 0.828. The first-order chi connectivity index (χ1) is 9.83. The number of benzene rings is 1. The molecule has 102 valence electrons. The van der Waals surface area contributed by atoms with Gasteiger partial charge in [-0.25, -0.2) is 0 Å². The summed E-state index contributed by atoms with van der Waals surface area (Å²) in [7, 11) is 0. The van der Waals surface area contributed by atoms with E-state index in [1.807, 2.05) is 16.7 Å². The Morgan fingerprint density at radius 1 is 1.05 bits per heavy atom. The molecule has 4 rings (SSSR count). The fraction of sp³-hybridized carbons (Fsp3) is 0.353. The Kier molecular flexibility index (Phi) is 2.74. The van der Waals surface area contributed by atoms with Crippen LogP contribution < -0.4 is 10.9 Å². The Hall–Kier alpha value is -1.87. The largest absolute Gasteiger partial charge is 0.345 e. The van der Waals surface area contributed by atoms with E-state index in [-0.39, 0.29) is 5.56 Å². The predicted octanol–water partition coefficient (Wildman–Crippen LogP) is 1.20. The van der Waals surface area contributed by atoms with Crippen LogP contribution in [0.15, 0.2) is 47.3 Å². The summed E-state index contributed by atoms with van der Waals surface area (Å²) in [5.41, 5.74) is 3.89. The van der Waals surface area contributed by atoms with Crippen LogP contribution in [0.3, 0.4) is 0 Å². The molecule has 1 aromatic carbocycles. The molecule has 0 unspecified atom stereocenters. The third-order valence-electron chi connectivity index (χ3n) is 4.71. The predicted molar refractivity (Wildman–Crippen MR) is 78.6 cm³/mol. The summed E-state index contributed by atoms with van der Waals surface area (Å²) in [6.07, 6.45) is 1.24. The van der Waals surface area contributed by atoms with Gasteiger partial charge in [-0.05, 0) is 18.1 Å². The fourth-order valence-electron chi connectivity index (χ4n) is 3.84. The maximum atomic E-state index is 12.2. The van der Waals surface area contributed by atoms with E-state index in [1.54, 1.807) is 6.07 Å². The highest BCUT2D eigenvalue weighted by Crippen LogP contribution is 2.36. The summed E-state index contributed by atoms with van der Waals surface area (Å²) >= 11 is 0. The molecular weight excluding hydrogens is 248 g/mol. The monoisotopic (exact) mass is 267 g/mol. The van der Waals surface area contributed by atoms with E-state index in [9.17, 15) is 4.79 Å². The summed E-state index contributed by atoms with van der Waals surface area (Å²) in [4.78, 5) is 12.2. The van der Waals surface area contributed by atoms with Gasteiger partial charge in [-0.15, -0.1) is 0 Å². The van der Waals surface area contributed by atoms with E-state index >= 15 is 0 Å². The summed E-state index contributed by atoms with van der Waals surface area (Å²) in [5, 5.41) is 2.41. The van der Waals surface area contributed by atoms with Crippen LogP contribution in [-0.4, -0.2) is 17.7 Å². The molecule has 1 aromatic heterocycles. The van der Waals surface area contributed by atoms with E-state index < -0.39 is 0 Å². The molecule has 0 saturated carbocycles. The van der Waals surface area contributed by atoms with Gasteiger partial charge in [-0.2, -0.15) is 0 Å². The number of aromatic nitrogens is 1. The van der Waals surface area contributed by atoms with E-state index in [0.29, 0.717) is 11.8 Å². The summed E-state index contributed by atoms with van der Waals surface area (Å²) in [6, 6.07) is 14.2. The molecule has 2 N–H and O–H groups in total. The molecular formula is C17H19N2O+. The number of hydrogen-bond acceptors (Lipinski definition) is 1. The van der Waals surface area contributed by atoms with Crippen molar-refractivity contribution < 1.29 is 5.32 Å². The topological polar surface area (TPSA) is 38.6 Å². The Labute approximate surface area is 118 Å². The van der Waals surface area contributed by atoms with Crippen LogP contribution in [0, 0.1) is 5.92 Å². The zero-order valence-electron chi connectivity index (χ0n) is 11.5. The Morgan fingerprint density at radius 3 is 2.75 bits per heavy atom. The highest BCUT2D eigenvalue weighted by Gasteiger charge is 2.34. The normalized spacial score (nSPS) is 24.2. The van der Waals surface area contributed by atoms with Crippen LogP contribution in [0.5, 0.6) is 0 Å².